The number of nitrogens with one attached hydrogen (secondary N) is 1. The highest BCUT2D eigenvalue weighted by molar-refractivity contribution is 5.81. The minimum absolute atomic E-state index is 0.109. The predicted molar refractivity (Wildman–Crippen MR) is 81.9 cm³/mol. The fraction of sp³-hybridized carbons (Fsp3) is 0.533. The van der Waals surface area contributed by atoms with Gasteiger partial charge in [0.15, 0.2) is 0 Å². The van der Waals surface area contributed by atoms with Crippen molar-refractivity contribution in [3.8, 4) is 0 Å². The molecule has 1 aromatic rings. The van der Waals surface area contributed by atoms with Gasteiger partial charge in [0.05, 0.1) is 10.5 Å². The van der Waals surface area contributed by atoms with Crippen LogP contribution in [0.15, 0.2) is 18.2 Å². The second kappa shape index (κ2) is 7.61. The van der Waals surface area contributed by atoms with Gasteiger partial charge in [-0.2, -0.15) is 26.3 Å². The Kier molecular flexibility index (Phi) is 5.85. The van der Waals surface area contributed by atoms with E-state index in [0.717, 1.165) is 6.07 Å². The molecule has 6 nitrogen and oxygen atoms in total. The second-order valence-corrected chi connectivity index (χ2v) is 6.10. The van der Waals surface area contributed by atoms with E-state index in [9.17, 15) is 41.3 Å². The summed E-state index contributed by atoms with van der Waals surface area (Å²) in [5, 5.41) is 13.7. The molecule has 0 bridgehead atoms. The lowest BCUT2D eigenvalue weighted by Gasteiger charge is -2.32. The van der Waals surface area contributed by atoms with Gasteiger partial charge in [-0.1, -0.05) is 0 Å². The zero-order valence-corrected chi connectivity index (χ0v) is 13.7. The van der Waals surface area contributed by atoms with Gasteiger partial charge < -0.3 is 10.2 Å². The van der Waals surface area contributed by atoms with Gasteiger partial charge in [-0.25, -0.2) is 0 Å². The van der Waals surface area contributed by atoms with Gasteiger partial charge >= 0.3 is 18.3 Å². The molecular formula is C15H15F6N3O3. The van der Waals surface area contributed by atoms with Gasteiger partial charge in [0.2, 0.25) is 0 Å². The van der Waals surface area contributed by atoms with E-state index < -0.39 is 34.4 Å². The summed E-state index contributed by atoms with van der Waals surface area (Å²) in [5.74, 6) is -2.09. The first-order valence-electron chi connectivity index (χ1n) is 7.85. The number of benzene rings is 1. The maximum absolute atomic E-state index is 12.7. The Morgan fingerprint density at radius 3 is 2.26 bits per heavy atom. The molecule has 1 N–H and O–H groups in total. The number of carbonyl (C=O) groups excluding carboxylic acids is 1. The molecule has 1 aromatic carbocycles. The van der Waals surface area contributed by atoms with Crippen LogP contribution in [0, 0.1) is 16.0 Å². The molecule has 0 atom stereocenters. The van der Waals surface area contributed by atoms with Gasteiger partial charge in [-0.05, 0) is 30.9 Å². The summed E-state index contributed by atoms with van der Waals surface area (Å²) in [6.07, 6.45) is -9.18. The van der Waals surface area contributed by atoms with E-state index in [2.05, 4.69) is 5.32 Å². The number of anilines is 1. The quantitative estimate of drug-likeness (QED) is 0.475. The summed E-state index contributed by atoms with van der Waals surface area (Å²) in [6, 6.07) is 2.08. The zero-order valence-electron chi connectivity index (χ0n) is 13.7. The van der Waals surface area contributed by atoms with Crippen molar-refractivity contribution in [3.63, 3.8) is 0 Å². The fourth-order valence-corrected chi connectivity index (χ4v) is 2.78. The Morgan fingerprint density at radius 2 is 1.78 bits per heavy atom. The number of carbonyl (C=O) groups is 1. The maximum Gasteiger partial charge on any atom is 0.471 e. The molecule has 0 spiro atoms. The lowest BCUT2D eigenvalue weighted by Crippen LogP contribution is -2.46. The van der Waals surface area contributed by atoms with Crippen LogP contribution in [0.5, 0.6) is 0 Å². The number of halogens is 6. The number of amides is 1. The molecule has 150 valence electrons. The smallest absolute Gasteiger partial charge is 0.379 e. The average molecular weight is 399 g/mol. The van der Waals surface area contributed by atoms with Crippen molar-refractivity contribution in [2.45, 2.75) is 25.2 Å². The summed E-state index contributed by atoms with van der Waals surface area (Å²) in [6.45, 7) is -0.0974. The molecule has 0 aromatic heterocycles. The van der Waals surface area contributed by atoms with Crippen LogP contribution >= 0.6 is 0 Å². The Morgan fingerprint density at radius 1 is 1.19 bits per heavy atom. The third-order valence-corrected chi connectivity index (χ3v) is 4.25. The molecule has 1 saturated heterocycles. The molecule has 1 amide bonds. The van der Waals surface area contributed by atoms with Crippen LogP contribution < -0.4 is 5.32 Å². The SMILES string of the molecule is O=C(N1CCC(CNc2ccc(C(F)(F)F)cc2[N+](=O)[O-])CC1)C(F)(F)F. The van der Waals surface area contributed by atoms with Crippen molar-refractivity contribution in [2.75, 3.05) is 25.0 Å². The normalized spacial score (nSPS) is 16.3. The van der Waals surface area contributed by atoms with Gasteiger partial charge in [0.1, 0.15) is 5.69 Å². The van der Waals surface area contributed by atoms with Gasteiger partial charge in [0, 0.05) is 25.7 Å². The van der Waals surface area contributed by atoms with E-state index >= 15 is 0 Å². The molecule has 1 aliphatic heterocycles. The summed E-state index contributed by atoms with van der Waals surface area (Å²) < 4.78 is 75.2. The zero-order chi connectivity index (χ0) is 20.4. The minimum atomic E-state index is -4.94. The monoisotopic (exact) mass is 399 g/mol. The highest BCUT2D eigenvalue weighted by atomic mass is 19.4. The summed E-state index contributed by atoms with van der Waals surface area (Å²) in [5.41, 5.74) is -2.00. The average Bonchev–Trinajstić information content (AvgIpc) is 2.58. The third kappa shape index (κ3) is 5.23. The number of alkyl halides is 6. The number of nitro groups is 1. The largest absolute Gasteiger partial charge is 0.471 e. The van der Waals surface area contributed by atoms with E-state index in [1.165, 1.54) is 0 Å². The van der Waals surface area contributed by atoms with E-state index in [-0.39, 0.29) is 44.1 Å². The van der Waals surface area contributed by atoms with Gasteiger partial charge in [0.25, 0.3) is 5.69 Å². The van der Waals surface area contributed by atoms with Crippen LogP contribution in [-0.2, 0) is 11.0 Å². The number of rotatable bonds is 4. The molecule has 1 fully saturated rings. The Balaban J connectivity index is 1.98. The lowest BCUT2D eigenvalue weighted by atomic mass is 9.96. The molecule has 0 saturated carbocycles. The van der Waals surface area contributed by atoms with E-state index in [1.807, 2.05) is 0 Å². The van der Waals surface area contributed by atoms with Crippen LogP contribution in [-0.4, -0.2) is 41.5 Å². The number of likely N-dealkylation sites (tertiary alicyclic amines) is 1. The first-order chi connectivity index (χ1) is 12.4. The van der Waals surface area contributed by atoms with E-state index in [0.29, 0.717) is 17.0 Å². The van der Waals surface area contributed by atoms with E-state index in [1.54, 1.807) is 0 Å². The van der Waals surface area contributed by atoms with E-state index in [4.69, 9.17) is 0 Å². The summed E-state index contributed by atoms with van der Waals surface area (Å²) in [4.78, 5) is 21.9. The molecule has 0 unspecified atom stereocenters. The van der Waals surface area contributed by atoms with Crippen LogP contribution in [0.3, 0.4) is 0 Å². The van der Waals surface area contributed by atoms with Crippen molar-refractivity contribution < 1.29 is 36.1 Å². The Bertz CT molecular complexity index is 712. The Labute approximate surface area is 149 Å². The lowest BCUT2D eigenvalue weighted by molar-refractivity contribution is -0.384. The highest BCUT2D eigenvalue weighted by Crippen LogP contribution is 2.35. The molecule has 0 radical (unpaired) electrons. The van der Waals surface area contributed by atoms with Gasteiger partial charge in [-0.3, -0.25) is 14.9 Å². The Hall–Kier alpha value is -2.53. The number of hydrogen-bond acceptors (Lipinski definition) is 4. The third-order valence-electron chi connectivity index (χ3n) is 4.25. The van der Waals surface area contributed by atoms with Crippen LogP contribution in [0.1, 0.15) is 18.4 Å². The molecule has 1 heterocycles. The van der Waals surface area contributed by atoms with Crippen LogP contribution in [0.4, 0.5) is 37.7 Å². The number of piperidine rings is 1. The first-order valence-corrected chi connectivity index (χ1v) is 7.85. The fourth-order valence-electron chi connectivity index (χ4n) is 2.78. The van der Waals surface area contributed by atoms with Gasteiger partial charge in [-0.15, -0.1) is 0 Å². The molecular weight excluding hydrogens is 384 g/mol. The number of nitro benzene ring substituents is 1. The number of nitrogens with zero attached hydrogens (tertiary/aromatic N) is 2. The predicted octanol–water partition coefficient (Wildman–Crippen LogP) is 3.83. The molecule has 27 heavy (non-hydrogen) atoms. The maximum atomic E-state index is 12.7. The van der Waals surface area contributed by atoms with Crippen molar-refractivity contribution in [1.82, 2.24) is 4.90 Å². The molecule has 0 aliphatic carbocycles. The van der Waals surface area contributed by atoms with Crippen molar-refractivity contribution in [2.24, 2.45) is 5.92 Å². The molecule has 2 rings (SSSR count). The van der Waals surface area contributed by atoms with Crippen molar-refractivity contribution >= 4 is 17.3 Å². The molecule has 1 aliphatic rings. The van der Waals surface area contributed by atoms with Crippen LogP contribution in [0.2, 0.25) is 0 Å². The second-order valence-electron chi connectivity index (χ2n) is 6.10. The van der Waals surface area contributed by atoms with Crippen molar-refractivity contribution in [3.05, 3.63) is 33.9 Å². The molecule has 12 heteroatoms. The minimum Gasteiger partial charge on any atom is -0.379 e. The first kappa shape index (κ1) is 20.8. The van der Waals surface area contributed by atoms with Crippen LogP contribution in [0.25, 0.3) is 0 Å². The summed E-state index contributed by atoms with van der Waals surface area (Å²) in [7, 11) is 0. The number of hydrogen-bond donors (Lipinski definition) is 1. The summed E-state index contributed by atoms with van der Waals surface area (Å²) >= 11 is 0. The topological polar surface area (TPSA) is 75.5 Å². The van der Waals surface area contributed by atoms with Crippen molar-refractivity contribution in [1.29, 1.82) is 0 Å². The standard InChI is InChI=1S/C15H15F6N3O3/c16-14(17,18)10-1-2-11(12(7-10)24(26)27)22-8-9-3-5-23(6-4-9)13(25)15(19,20)21/h1-2,7,9,22H,3-6,8H2. The highest BCUT2D eigenvalue weighted by Gasteiger charge is 2.43.